The number of ether oxygens (including phenoxy) is 1. The van der Waals surface area contributed by atoms with Gasteiger partial charge in [-0.15, -0.1) is 0 Å². The molecular weight excluding hydrogens is 374 g/mol. The fourth-order valence-corrected chi connectivity index (χ4v) is 2.84. The largest absolute Gasteiger partial charge is 0.465 e. The van der Waals surface area contributed by atoms with E-state index >= 15 is 0 Å². The van der Waals surface area contributed by atoms with E-state index in [1.165, 1.54) is 30.3 Å². The number of amides is 1. The predicted octanol–water partition coefficient (Wildman–Crippen LogP) is 2.38. The summed E-state index contributed by atoms with van der Waals surface area (Å²) >= 11 is 6.02. The number of carbonyl (C=O) groups is 2. The smallest absolute Gasteiger partial charge is 0.341 e. The molecule has 0 unspecified atom stereocenters. The van der Waals surface area contributed by atoms with Gasteiger partial charge >= 0.3 is 5.97 Å². The van der Waals surface area contributed by atoms with E-state index < -0.39 is 17.4 Å². The summed E-state index contributed by atoms with van der Waals surface area (Å²) in [5.41, 5.74) is 0.0176. The van der Waals surface area contributed by atoms with Crippen LogP contribution < -0.4 is 10.9 Å². The molecule has 0 radical (unpaired) electrons. The molecular formula is C18H16ClN3O5. The second-order valence-corrected chi connectivity index (χ2v) is 6.09. The molecule has 1 aromatic carbocycles. The van der Waals surface area contributed by atoms with Gasteiger partial charge < -0.3 is 14.5 Å². The zero-order chi connectivity index (χ0) is 19.6. The Balaban J connectivity index is 1.85. The molecule has 2 heterocycles. The van der Waals surface area contributed by atoms with Crippen molar-refractivity contribution in [3.05, 3.63) is 63.0 Å². The standard InChI is InChI=1S/C18H16ClN3O5/c1-3-22-9-20-8-14(17(22)24)16(23)21-7-12-5-10-4-11(19)6-13(15(10)27-12)18(25)26-2/h4-6,8-9H,3,7H2,1-2H3,(H,21,23). The minimum Gasteiger partial charge on any atom is -0.465 e. The van der Waals surface area contributed by atoms with E-state index in [0.717, 1.165) is 0 Å². The normalized spacial score (nSPS) is 10.8. The average molecular weight is 390 g/mol. The molecule has 0 fully saturated rings. The highest BCUT2D eigenvalue weighted by Crippen LogP contribution is 2.27. The highest BCUT2D eigenvalue weighted by molar-refractivity contribution is 6.32. The third-order valence-electron chi connectivity index (χ3n) is 3.95. The Labute approximate surface area is 158 Å². The van der Waals surface area contributed by atoms with Crippen molar-refractivity contribution in [1.82, 2.24) is 14.9 Å². The Morgan fingerprint density at radius 3 is 2.78 bits per heavy atom. The van der Waals surface area contributed by atoms with Crippen LogP contribution in [0, 0.1) is 0 Å². The van der Waals surface area contributed by atoms with Gasteiger partial charge in [-0.3, -0.25) is 14.2 Å². The number of aryl methyl sites for hydroxylation is 1. The molecule has 3 rings (SSSR count). The van der Waals surface area contributed by atoms with Crippen molar-refractivity contribution < 1.29 is 18.7 Å². The van der Waals surface area contributed by atoms with E-state index in [-0.39, 0.29) is 17.7 Å². The van der Waals surface area contributed by atoms with Crippen molar-refractivity contribution in [2.45, 2.75) is 20.0 Å². The van der Waals surface area contributed by atoms with Crippen LogP contribution in [0.15, 0.2) is 39.9 Å². The number of aromatic nitrogens is 2. The van der Waals surface area contributed by atoms with Crippen LogP contribution in [0.4, 0.5) is 0 Å². The Kier molecular flexibility index (Phi) is 5.27. The summed E-state index contributed by atoms with van der Waals surface area (Å²) in [6.45, 7) is 2.21. The van der Waals surface area contributed by atoms with Gasteiger partial charge in [0.25, 0.3) is 11.5 Å². The van der Waals surface area contributed by atoms with Gasteiger partial charge in [0.15, 0.2) is 0 Å². The number of benzene rings is 1. The molecule has 3 aromatic rings. The number of hydrogen-bond donors (Lipinski definition) is 1. The second-order valence-electron chi connectivity index (χ2n) is 5.66. The Hall–Kier alpha value is -3.13. The molecule has 1 N–H and O–H groups in total. The fraction of sp³-hybridized carbons (Fsp3) is 0.222. The maximum Gasteiger partial charge on any atom is 0.341 e. The summed E-state index contributed by atoms with van der Waals surface area (Å²) in [5, 5.41) is 3.57. The van der Waals surface area contributed by atoms with Crippen molar-refractivity contribution in [1.29, 1.82) is 0 Å². The van der Waals surface area contributed by atoms with Crippen molar-refractivity contribution in [2.75, 3.05) is 7.11 Å². The van der Waals surface area contributed by atoms with Crippen LogP contribution in [-0.4, -0.2) is 28.5 Å². The summed E-state index contributed by atoms with van der Waals surface area (Å²) in [6.07, 6.45) is 2.59. The first kappa shape index (κ1) is 18.7. The maximum atomic E-state index is 12.3. The Morgan fingerprint density at radius 1 is 1.30 bits per heavy atom. The molecule has 0 aliphatic carbocycles. The lowest BCUT2D eigenvalue weighted by molar-refractivity contribution is 0.0601. The highest BCUT2D eigenvalue weighted by atomic mass is 35.5. The topological polar surface area (TPSA) is 103 Å². The van der Waals surface area contributed by atoms with Gasteiger partial charge in [-0.1, -0.05) is 11.6 Å². The molecule has 27 heavy (non-hydrogen) atoms. The zero-order valence-corrected chi connectivity index (χ0v) is 15.4. The number of methoxy groups -OCH3 is 1. The van der Waals surface area contributed by atoms with E-state index in [9.17, 15) is 14.4 Å². The number of nitrogens with zero attached hydrogens (tertiary/aromatic N) is 2. The van der Waals surface area contributed by atoms with Gasteiger partial charge in [0.1, 0.15) is 22.5 Å². The van der Waals surface area contributed by atoms with Gasteiger partial charge in [-0.05, 0) is 25.1 Å². The van der Waals surface area contributed by atoms with Gasteiger partial charge in [0.05, 0.1) is 20.0 Å². The van der Waals surface area contributed by atoms with Gasteiger partial charge in [0, 0.05) is 23.2 Å². The van der Waals surface area contributed by atoms with E-state index in [1.54, 1.807) is 19.1 Å². The van der Waals surface area contributed by atoms with Crippen LogP contribution in [0.2, 0.25) is 5.02 Å². The minimum absolute atomic E-state index is 0.0200. The van der Waals surface area contributed by atoms with Gasteiger partial charge in [-0.25, -0.2) is 9.78 Å². The summed E-state index contributed by atoms with van der Waals surface area (Å²) in [4.78, 5) is 40.2. The number of rotatable bonds is 5. The summed E-state index contributed by atoms with van der Waals surface area (Å²) < 4.78 is 11.7. The van der Waals surface area contributed by atoms with Crippen molar-refractivity contribution >= 4 is 34.4 Å². The lowest BCUT2D eigenvalue weighted by atomic mass is 10.1. The zero-order valence-electron chi connectivity index (χ0n) is 14.6. The number of carbonyl (C=O) groups excluding carboxylic acids is 2. The van der Waals surface area contributed by atoms with E-state index in [4.69, 9.17) is 20.8 Å². The SMILES string of the molecule is CCn1cncc(C(=O)NCc2cc3cc(Cl)cc(C(=O)OC)c3o2)c1=O. The van der Waals surface area contributed by atoms with Crippen LogP contribution in [0.5, 0.6) is 0 Å². The lowest BCUT2D eigenvalue weighted by Crippen LogP contribution is -2.32. The van der Waals surface area contributed by atoms with Gasteiger partial charge in [0.2, 0.25) is 0 Å². The molecule has 0 aliphatic rings. The van der Waals surface area contributed by atoms with Crippen LogP contribution >= 0.6 is 11.6 Å². The first-order valence-corrected chi connectivity index (χ1v) is 8.45. The van der Waals surface area contributed by atoms with E-state index in [2.05, 4.69) is 10.3 Å². The number of fused-ring (bicyclic) bond motifs is 1. The Bertz CT molecular complexity index is 1090. The van der Waals surface area contributed by atoms with E-state index in [0.29, 0.717) is 28.3 Å². The maximum absolute atomic E-state index is 12.3. The number of esters is 1. The first-order chi connectivity index (χ1) is 12.9. The number of furan rings is 1. The quantitative estimate of drug-likeness (QED) is 0.672. The lowest BCUT2D eigenvalue weighted by Gasteiger charge is -2.05. The van der Waals surface area contributed by atoms with E-state index in [1.807, 2.05) is 0 Å². The minimum atomic E-state index is -0.581. The molecule has 0 atom stereocenters. The molecule has 1 amide bonds. The van der Waals surface area contributed by atoms with Crippen LogP contribution in [0.25, 0.3) is 11.0 Å². The van der Waals surface area contributed by atoms with Crippen molar-refractivity contribution in [2.24, 2.45) is 0 Å². The monoisotopic (exact) mass is 389 g/mol. The molecule has 2 aromatic heterocycles. The first-order valence-electron chi connectivity index (χ1n) is 8.07. The summed E-state index contributed by atoms with van der Waals surface area (Å²) in [5.74, 6) is -0.754. The fourth-order valence-electron chi connectivity index (χ4n) is 2.61. The van der Waals surface area contributed by atoms with Crippen LogP contribution in [0.1, 0.15) is 33.4 Å². The molecule has 0 bridgehead atoms. The third kappa shape index (κ3) is 3.70. The number of nitrogens with one attached hydrogen (secondary N) is 1. The Morgan fingerprint density at radius 2 is 2.07 bits per heavy atom. The highest BCUT2D eigenvalue weighted by Gasteiger charge is 2.18. The molecule has 0 saturated heterocycles. The molecule has 0 spiro atoms. The second kappa shape index (κ2) is 7.63. The van der Waals surface area contributed by atoms with Gasteiger partial charge in [-0.2, -0.15) is 0 Å². The number of halogens is 1. The molecule has 0 aliphatic heterocycles. The summed E-state index contributed by atoms with van der Waals surface area (Å²) in [6, 6.07) is 4.74. The van der Waals surface area contributed by atoms with Crippen molar-refractivity contribution in [3.8, 4) is 0 Å². The third-order valence-corrected chi connectivity index (χ3v) is 4.17. The van der Waals surface area contributed by atoms with Crippen LogP contribution in [0.3, 0.4) is 0 Å². The molecule has 8 nitrogen and oxygen atoms in total. The number of hydrogen-bond acceptors (Lipinski definition) is 6. The molecule has 140 valence electrons. The molecule has 9 heteroatoms. The average Bonchev–Trinajstić information content (AvgIpc) is 3.07. The molecule has 0 saturated carbocycles. The van der Waals surface area contributed by atoms with Crippen molar-refractivity contribution in [3.63, 3.8) is 0 Å². The summed E-state index contributed by atoms with van der Waals surface area (Å²) in [7, 11) is 1.26. The van der Waals surface area contributed by atoms with Crippen LogP contribution in [-0.2, 0) is 17.8 Å². The predicted molar refractivity (Wildman–Crippen MR) is 97.9 cm³/mol.